The first-order chi connectivity index (χ1) is 12.7. The van der Waals surface area contributed by atoms with Crippen molar-refractivity contribution in [1.82, 2.24) is 4.90 Å². The van der Waals surface area contributed by atoms with Gasteiger partial charge in [-0.1, -0.05) is 64.0 Å². The number of benzene rings is 1. The molecular weight excluding hydrogens is 322 g/mol. The summed E-state index contributed by atoms with van der Waals surface area (Å²) in [6.45, 7) is 3.35. The number of rotatable bonds is 8. The Bertz CT molecular complexity index is 561. The molecule has 2 aliphatic rings. The van der Waals surface area contributed by atoms with Gasteiger partial charge in [0.05, 0.1) is 13.2 Å². The molecule has 1 heterocycles. The van der Waals surface area contributed by atoms with Crippen molar-refractivity contribution in [3.8, 4) is 5.75 Å². The Hall–Kier alpha value is -1.06. The molecule has 26 heavy (non-hydrogen) atoms. The molecule has 1 aromatic carbocycles. The Labute approximate surface area is 160 Å². The van der Waals surface area contributed by atoms with Crippen molar-refractivity contribution in [2.24, 2.45) is 0 Å². The molecule has 0 amide bonds. The molecule has 1 saturated carbocycles. The van der Waals surface area contributed by atoms with Crippen LogP contribution in [0.25, 0.3) is 0 Å². The van der Waals surface area contributed by atoms with E-state index >= 15 is 0 Å². The molecule has 146 valence electrons. The van der Waals surface area contributed by atoms with Gasteiger partial charge >= 0.3 is 0 Å². The fraction of sp³-hybridized carbons (Fsp3) is 0.739. The van der Waals surface area contributed by atoms with E-state index < -0.39 is 0 Å². The van der Waals surface area contributed by atoms with Crippen molar-refractivity contribution in [2.75, 3.05) is 20.7 Å². The van der Waals surface area contributed by atoms with E-state index in [1.807, 2.05) is 6.07 Å². The lowest BCUT2D eigenvalue weighted by Crippen LogP contribution is -2.60. The van der Waals surface area contributed by atoms with Gasteiger partial charge in [0.2, 0.25) is 0 Å². The molecule has 1 aromatic rings. The zero-order chi connectivity index (χ0) is 18.4. The van der Waals surface area contributed by atoms with Crippen LogP contribution >= 0.6 is 0 Å². The van der Waals surface area contributed by atoms with Crippen LogP contribution in [0.5, 0.6) is 5.75 Å². The maximum absolute atomic E-state index is 6.94. The average molecular weight is 360 g/mol. The predicted molar refractivity (Wildman–Crippen MR) is 108 cm³/mol. The Morgan fingerprint density at radius 3 is 2.85 bits per heavy atom. The summed E-state index contributed by atoms with van der Waals surface area (Å²) in [6.07, 6.45) is 13.1. The van der Waals surface area contributed by atoms with E-state index in [-0.39, 0.29) is 5.60 Å². The van der Waals surface area contributed by atoms with Gasteiger partial charge in [-0.05, 0) is 44.0 Å². The second kappa shape index (κ2) is 9.23. The van der Waals surface area contributed by atoms with Crippen LogP contribution in [0.15, 0.2) is 24.3 Å². The third kappa shape index (κ3) is 4.26. The van der Waals surface area contributed by atoms with Gasteiger partial charge in [0.15, 0.2) is 0 Å². The van der Waals surface area contributed by atoms with Crippen LogP contribution in [-0.2, 0) is 10.3 Å². The summed E-state index contributed by atoms with van der Waals surface area (Å²) in [4.78, 5) is 2.58. The largest absolute Gasteiger partial charge is 0.497 e. The van der Waals surface area contributed by atoms with Crippen molar-refractivity contribution in [2.45, 2.75) is 88.9 Å². The molecule has 0 aromatic heterocycles. The number of methoxy groups -OCH3 is 1. The van der Waals surface area contributed by atoms with Crippen molar-refractivity contribution in [3.63, 3.8) is 0 Å². The first-order valence-corrected chi connectivity index (χ1v) is 10.7. The smallest absolute Gasteiger partial charge is 0.119 e. The SMILES string of the molecule is CCCCCCCC1CN(C)C2CCCCC2(c2cccc(OC)c2)O1. The van der Waals surface area contributed by atoms with Gasteiger partial charge in [-0.15, -0.1) is 0 Å². The van der Waals surface area contributed by atoms with Crippen LogP contribution in [-0.4, -0.2) is 37.7 Å². The third-order valence-electron chi connectivity index (χ3n) is 6.40. The Balaban J connectivity index is 1.76. The van der Waals surface area contributed by atoms with E-state index in [1.165, 1.54) is 63.4 Å². The lowest BCUT2D eigenvalue weighted by atomic mass is 9.73. The highest BCUT2D eigenvalue weighted by atomic mass is 16.5. The van der Waals surface area contributed by atoms with Crippen LogP contribution in [0.4, 0.5) is 0 Å². The van der Waals surface area contributed by atoms with Crippen LogP contribution in [0, 0.1) is 0 Å². The van der Waals surface area contributed by atoms with Crippen molar-refractivity contribution in [3.05, 3.63) is 29.8 Å². The summed E-state index contributed by atoms with van der Waals surface area (Å²) >= 11 is 0. The van der Waals surface area contributed by atoms with Crippen molar-refractivity contribution >= 4 is 0 Å². The standard InChI is InChI=1S/C23H37NO2/c1-4-5-6-7-8-13-21-18-24(2)22-15-9-10-16-23(22,26-21)19-12-11-14-20(17-19)25-3/h11-12,14,17,21-22H,4-10,13,15-16,18H2,1-3H3. The third-order valence-corrected chi connectivity index (χ3v) is 6.40. The predicted octanol–water partition coefficient (Wildman–Crippen LogP) is 5.52. The average Bonchev–Trinajstić information content (AvgIpc) is 2.68. The lowest BCUT2D eigenvalue weighted by Gasteiger charge is -2.54. The normalized spacial score (nSPS) is 29.3. The maximum atomic E-state index is 6.94. The fourth-order valence-electron chi connectivity index (χ4n) is 5.04. The number of likely N-dealkylation sites (N-methyl/N-ethyl adjacent to an activating group) is 1. The molecule has 3 heteroatoms. The molecule has 3 unspecified atom stereocenters. The summed E-state index contributed by atoms with van der Waals surface area (Å²) < 4.78 is 12.5. The van der Waals surface area contributed by atoms with E-state index in [9.17, 15) is 0 Å². The summed E-state index contributed by atoms with van der Waals surface area (Å²) in [5.41, 5.74) is 1.15. The molecule has 1 aliphatic heterocycles. The number of hydrogen-bond donors (Lipinski definition) is 0. The number of unbranched alkanes of at least 4 members (excludes halogenated alkanes) is 4. The molecule has 0 bridgehead atoms. The summed E-state index contributed by atoms with van der Waals surface area (Å²) in [5.74, 6) is 0.939. The molecule has 1 aliphatic carbocycles. The van der Waals surface area contributed by atoms with Crippen LogP contribution in [0.1, 0.15) is 76.7 Å². The summed E-state index contributed by atoms with van der Waals surface area (Å²) in [7, 11) is 4.06. The highest BCUT2D eigenvalue weighted by molar-refractivity contribution is 5.34. The minimum absolute atomic E-state index is 0.159. The molecule has 3 atom stereocenters. The van der Waals surface area contributed by atoms with Crippen molar-refractivity contribution < 1.29 is 9.47 Å². The molecule has 0 spiro atoms. The number of morpholine rings is 1. The zero-order valence-corrected chi connectivity index (χ0v) is 17.0. The summed E-state index contributed by atoms with van der Waals surface area (Å²) in [5, 5.41) is 0. The van der Waals surface area contributed by atoms with Gasteiger partial charge in [0, 0.05) is 12.6 Å². The number of fused-ring (bicyclic) bond motifs is 1. The highest BCUT2D eigenvalue weighted by Gasteiger charge is 2.50. The lowest BCUT2D eigenvalue weighted by molar-refractivity contribution is -0.205. The van der Waals surface area contributed by atoms with E-state index in [0.717, 1.165) is 18.7 Å². The maximum Gasteiger partial charge on any atom is 0.119 e. The molecular formula is C23H37NO2. The number of ether oxygens (including phenoxy) is 2. The number of nitrogens with zero attached hydrogens (tertiary/aromatic N) is 1. The van der Waals surface area contributed by atoms with Crippen LogP contribution in [0.3, 0.4) is 0 Å². The molecule has 1 saturated heterocycles. The van der Waals surface area contributed by atoms with Gasteiger partial charge in [0.25, 0.3) is 0 Å². The molecule has 0 N–H and O–H groups in total. The molecule has 3 nitrogen and oxygen atoms in total. The Morgan fingerprint density at radius 1 is 1.19 bits per heavy atom. The van der Waals surface area contributed by atoms with Gasteiger partial charge in [-0.3, -0.25) is 4.90 Å². The highest BCUT2D eigenvalue weighted by Crippen LogP contribution is 2.47. The Morgan fingerprint density at radius 2 is 2.04 bits per heavy atom. The molecule has 2 fully saturated rings. The zero-order valence-electron chi connectivity index (χ0n) is 17.0. The second-order valence-electron chi connectivity index (χ2n) is 8.27. The van der Waals surface area contributed by atoms with E-state index in [1.54, 1.807) is 7.11 Å². The van der Waals surface area contributed by atoms with E-state index in [2.05, 4.69) is 37.1 Å². The minimum atomic E-state index is -0.159. The minimum Gasteiger partial charge on any atom is -0.497 e. The van der Waals surface area contributed by atoms with Crippen molar-refractivity contribution in [1.29, 1.82) is 0 Å². The van der Waals surface area contributed by atoms with Gasteiger partial charge in [0.1, 0.15) is 11.4 Å². The number of hydrogen-bond acceptors (Lipinski definition) is 3. The fourth-order valence-corrected chi connectivity index (χ4v) is 5.04. The van der Waals surface area contributed by atoms with E-state index in [0.29, 0.717) is 12.1 Å². The van der Waals surface area contributed by atoms with Gasteiger partial charge in [-0.2, -0.15) is 0 Å². The second-order valence-corrected chi connectivity index (χ2v) is 8.27. The van der Waals surface area contributed by atoms with Gasteiger partial charge in [-0.25, -0.2) is 0 Å². The van der Waals surface area contributed by atoms with Crippen LogP contribution in [0.2, 0.25) is 0 Å². The Kier molecular flexibility index (Phi) is 6.99. The quantitative estimate of drug-likeness (QED) is 0.570. The monoisotopic (exact) mass is 359 g/mol. The van der Waals surface area contributed by atoms with Gasteiger partial charge < -0.3 is 9.47 Å². The topological polar surface area (TPSA) is 21.7 Å². The van der Waals surface area contributed by atoms with Crippen LogP contribution < -0.4 is 4.74 Å². The molecule has 0 radical (unpaired) electrons. The summed E-state index contributed by atoms with van der Waals surface area (Å²) in [6, 6.07) is 9.09. The first kappa shape index (κ1) is 19.7. The molecule has 3 rings (SSSR count). The van der Waals surface area contributed by atoms with E-state index in [4.69, 9.17) is 9.47 Å². The first-order valence-electron chi connectivity index (χ1n) is 10.7.